The van der Waals surface area contributed by atoms with Crippen molar-refractivity contribution < 1.29 is 0 Å². The van der Waals surface area contributed by atoms with Crippen molar-refractivity contribution in [2.45, 2.75) is 12.8 Å². The molecule has 1 spiro atoms. The highest BCUT2D eigenvalue weighted by atomic mass is 15.2. The van der Waals surface area contributed by atoms with Crippen molar-refractivity contribution in [3.63, 3.8) is 0 Å². The molecule has 1 saturated carbocycles. The van der Waals surface area contributed by atoms with Gasteiger partial charge in [0.25, 0.3) is 0 Å². The maximum absolute atomic E-state index is 5.15. The summed E-state index contributed by atoms with van der Waals surface area (Å²) in [6.07, 6.45) is 2.37. The molecule has 0 amide bonds. The van der Waals surface area contributed by atoms with Crippen LogP contribution in [0.4, 0.5) is 0 Å². The van der Waals surface area contributed by atoms with E-state index in [1.807, 2.05) is 0 Å². The van der Waals surface area contributed by atoms with Crippen LogP contribution < -0.4 is 11.2 Å². The van der Waals surface area contributed by atoms with Gasteiger partial charge < -0.3 is 11.2 Å². The second kappa shape index (κ2) is 1.48. The number of nitrogens with one attached hydrogen (secondary N) is 1. The average molecular weight is 125 g/mol. The smallest absolute Gasteiger partial charge is 0.0464 e. The predicted octanol–water partition coefficient (Wildman–Crippen LogP) is -0.316. The van der Waals surface area contributed by atoms with E-state index in [1.165, 1.54) is 12.1 Å². The Morgan fingerprint density at radius 2 is 2.56 bits per heavy atom. The Morgan fingerprint density at radius 3 is 3.00 bits per heavy atom. The van der Waals surface area contributed by atoms with Gasteiger partial charge in [-0.2, -0.15) is 5.10 Å². The van der Waals surface area contributed by atoms with Crippen molar-refractivity contribution in [1.29, 1.82) is 0 Å². The Morgan fingerprint density at radius 1 is 1.67 bits per heavy atom. The molecule has 0 aromatic carbocycles. The maximum atomic E-state index is 5.15. The van der Waals surface area contributed by atoms with Gasteiger partial charge in [-0.15, -0.1) is 0 Å². The molecule has 1 saturated heterocycles. The molecule has 1 heterocycles. The standard InChI is InChI=1S/C6H11N3/c7-9-5-3-6(5)1-2-8-4-6/h8H,1-4,7H2. The second-order valence-electron chi connectivity index (χ2n) is 2.96. The molecule has 0 radical (unpaired) electrons. The largest absolute Gasteiger partial charge is 0.323 e. The Labute approximate surface area is 54.3 Å². The third-order valence-electron chi connectivity index (χ3n) is 2.39. The van der Waals surface area contributed by atoms with Crippen LogP contribution in [0.3, 0.4) is 0 Å². The van der Waals surface area contributed by atoms with E-state index in [0.29, 0.717) is 5.41 Å². The molecule has 0 aromatic rings. The summed E-state index contributed by atoms with van der Waals surface area (Å²) < 4.78 is 0. The predicted molar refractivity (Wildman–Crippen MR) is 36.2 cm³/mol. The van der Waals surface area contributed by atoms with Crippen LogP contribution in [0.15, 0.2) is 5.10 Å². The average Bonchev–Trinajstić information content (AvgIpc) is 2.30. The minimum Gasteiger partial charge on any atom is -0.323 e. The molecule has 9 heavy (non-hydrogen) atoms. The second-order valence-corrected chi connectivity index (χ2v) is 2.96. The van der Waals surface area contributed by atoms with Crippen LogP contribution in [-0.4, -0.2) is 18.8 Å². The van der Waals surface area contributed by atoms with Gasteiger partial charge in [0.05, 0.1) is 0 Å². The van der Waals surface area contributed by atoms with Gasteiger partial charge in [0, 0.05) is 24.1 Å². The summed E-state index contributed by atoms with van der Waals surface area (Å²) in [5.74, 6) is 5.15. The Kier molecular flexibility index (Phi) is 0.858. The minimum absolute atomic E-state index is 0.425. The van der Waals surface area contributed by atoms with Gasteiger partial charge in [-0.05, 0) is 13.0 Å². The monoisotopic (exact) mass is 125 g/mol. The van der Waals surface area contributed by atoms with E-state index < -0.39 is 0 Å². The van der Waals surface area contributed by atoms with E-state index in [-0.39, 0.29) is 0 Å². The van der Waals surface area contributed by atoms with E-state index >= 15 is 0 Å². The molecule has 50 valence electrons. The lowest BCUT2D eigenvalue weighted by Gasteiger charge is -1.96. The minimum atomic E-state index is 0.425. The molecule has 0 aromatic heterocycles. The zero-order valence-corrected chi connectivity index (χ0v) is 5.35. The highest BCUT2D eigenvalue weighted by molar-refractivity contribution is 6.05. The van der Waals surface area contributed by atoms with Crippen LogP contribution in [0.25, 0.3) is 0 Å². The molecule has 0 bridgehead atoms. The molecule has 3 nitrogen and oxygen atoms in total. The lowest BCUT2D eigenvalue weighted by molar-refractivity contribution is 0.621. The summed E-state index contributed by atoms with van der Waals surface area (Å²) >= 11 is 0. The zero-order chi connectivity index (χ0) is 6.32. The van der Waals surface area contributed by atoms with Crippen LogP contribution in [0, 0.1) is 5.41 Å². The Balaban J connectivity index is 2.13. The normalized spacial score (nSPS) is 44.7. The Hall–Kier alpha value is -0.570. The first-order valence-electron chi connectivity index (χ1n) is 3.35. The molecular formula is C6H11N3. The molecule has 3 heteroatoms. The molecular weight excluding hydrogens is 114 g/mol. The fraction of sp³-hybridized carbons (Fsp3) is 0.833. The van der Waals surface area contributed by atoms with E-state index in [0.717, 1.165) is 19.5 Å². The van der Waals surface area contributed by atoms with E-state index in [2.05, 4.69) is 10.4 Å². The highest BCUT2D eigenvalue weighted by Gasteiger charge is 2.52. The summed E-state index contributed by atoms with van der Waals surface area (Å²) in [6, 6.07) is 0. The molecule has 2 aliphatic rings. The van der Waals surface area contributed by atoms with Crippen molar-refractivity contribution in [2.75, 3.05) is 13.1 Å². The van der Waals surface area contributed by atoms with Crippen molar-refractivity contribution in [3.05, 3.63) is 0 Å². The van der Waals surface area contributed by atoms with Gasteiger partial charge in [-0.3, -0.25) is 0 Å². The third-order valence-corrected chi connectivity index (χ3v) is 2.39. The van der Waals surface area contributed by atoms with Gasteiger partial charge in [-0.25, -0.2) is 0 Å². The third kappa shape index (κ3) is 0.580. The summed E-state index contributed by atoms with van der Waals surface area (Å²) in [4.78, 5) is 0. The molecule has 2 rings (SSSR count). The molecule has 1 unspecified atom stereocenters. The lowest BCUT2D eigenvalue weighted by Crippen LogP contribution is -2.11. The molecule has 1 aliphatic heterocycles. The number of hydrogen-bond donors (Lipinski definition) is 2. The number of rotatable bonds is 0. The quantitative estimate of drug-likeness (QED) is 0.344. The topological polar surface area (TPSA) is 50.4 Å². The molecule has 1 aliphatic carbocycles. The van der Waals surface area contributed by atoms with Gasteiger partial charge >= 0.3 is 0 Å². The first kappa shape index (κ1) is 5.23. The first-order valence-corrected chi connectivity index (χ1v) is 3.35. The summed E-state index contributed by atoms with van der Waals surface area (Å²) in [6.45, 7) is 2.24. The highest BCUT2D eigenvalue weighted by Crippen LogP contribution is 2.46. The van der Waals surface area contributed by atoms with Gasteiger partial charge in [0.2, 0.25) is 0 Å². The van der Waals surface area contributed by atoms with E-state index in [4.69, 9.17) is 5.84 Å². The van der Waals surface area contributed by atoms with Gasteiger partial charge in [0.15, 0.2) is 0 Å². The summed E-state index contributed by atoms with van der Waals surface area (Å²) in [7, 11) is 0. The van der Waals surface area contributed by atoms with Crippen molar-refractivity contribution in [2.24, 2.45) is 16.4 Å². The van der Waals surface area contributed by atoms with Gasteiger partial charge in [-0.1, -0.05) is 0 Å². The van der Waals surface area contributed by atoms with E-state index in [1.54, 1.807) is 0 Å². The van der Waals surface area contributed by atoms with Crippen molar-refractivity contribution >= 4 is 5.71 Å². The van der Waals surface area contributed by atoms with Crippen molar-refractivity contribution in [1.82, 2.24) is 5.32 Å². The fourth-order valence-corrected chi connectivity index (χ4v) is 1.60. The summed E-state index contributed by atoms with van der Waals surface area (Å²) in [5, 5.41) is 7.01. The number of hydrogen-bond acceptors (Lipinski definition) is 3. The molecule has 2 fully saturated rings. The summed E-state index contributed by atoms with van der Waals surface area (Å²) in [5.41, 5.74) is 1.64. The van der Waals surface area contributed by atoms with E-state index in [9.17, 15) is 0 Å². The maximum Gasteiger partial charge on any atom is 0.0464 e. The fourth-order valence-electron chi connectivity index (χ4n) is 1.60. The molecule has 3 N–H and O–H groups in total. The van der Waals surface area contributed by atoms with Crippen molar-refractivity contribution in [3.8, 4) is 0 Å². The SMILES string of the molecule is NN=C1CC12CCNC2. The van der Waals surface area contributed by atoms with Gasteiger partial charge in [0.1, 0.15) is 0 Å². The first-order chi connectivity index (χ1) is 4.37. The number of nitrogens with zero attached hydrogens (tertiary/aromatic N) is 1. The zero-order valence-electron chi connectivity index (χ0n) is 5.35. The molecule has 1 atom stereocenters. The van der Waals surface area contributed by atoms with Crippen LogP contribution in [-0.2, 0) is 0 Å². The number of nitrogens with two attached hydrogens (primary N) is 1. The van der Waals surface area contributed by atoms with Crippen LogP contribution >= 0.6 is 0 Å². The van der Waals surface area contributed by atoms with Crippen LogP contribution in [0.1, 0.15) is 12.8 Å². The van der Waals surface area contributed by atoms with Crippen LogP contribution in [0.2, 0.25) is 0 Å². The Bertz CT molecular complexity index is 156. The van der Waals surface area contributed by atoms with Crippen LogP contribution in [0.5, 0.6) is 0 Å². The lowest BCUT2D eigenvalue weighted by atomic mass is 10.1. The number of hydrazone groups is 1.